The quantitative estimate of drug-likeness (QED) is 0.0811. The minimum Gasteiger partial charge on any atom is -0.394 e. The molecule has 0 amide bonds. The summed E-state index contributed by atoms with van der Waals surface area (Å²) in [7, 11) is 0. The molecule has 52 heavy (non-hydrogen) atoms. The molecule has 0 aromatic heterocycles. The normalized spacial score (nSPS) is 11.7. The Kier molecular flexibility index (Phi) is 50.0. The number of hydrogen-bond donors (Lipinski definition) is 1. The summed E-state index contributed by atoms with van der Waals surface area (Å²) in [6, 6.07) is 0. The highest BCUT2D eigenvalue weighted by atomic mass is 16.6. The van der Waals surface area contributed by atoms with E-state index >= 15 is 0 Å². The van der Waals surface area contributed by atoms with E-state index in [1.165, 1.54) is 77.0 Å². The van der Waals surface area contributed by atoms with Crippen molar-refractivity contribution in [2.45, 2.75) is 90.4 Å². The Bertz CT molecular complexity index is 557. The molecule has 0 aliphatic heterocycles. The van der Waals surface area contributed by atoms with Crippen LogP contribution in [0.2, 0.25) is 0 Å². The number of hydrogen-bond acceptors (Lipinski definition) is 13. The zero-order chi connectivity index (χ0) is 37.4. The van der Waals surface area contributed by atoms with Gasteiger partial charge >= 0.3 is 0 Å². The smallest absolute Gasteiger partial charge is 0.0701 e. The second kappa shape index (κ2) is 50.5. The molecule has 0 aliphatic carbocycles. The Morgan fingerprint density at radius 3 is 0.596 bits per heavy atom. The van der Waals surface area contributed by atoms with Crippen LogP contribution in [0.1, 0.15) is 90.4 Å². The van der Waals surface area contributed by atoms with Crippen molar-refractivity contribution in [1.82, 2.24) is 0 Å². The molecule has 0 spiro atoms. The lowest BCUT2D eigenvalue weighted by Gasteiger charge is -2.09. The van der Waals surface area contributed by atoms with Gasteiger partial charge in [0.2, 0.25) is 0 Å². The second-order valence-electron chi connectivity index (χ2n) is 12.3. The van der Waals surface area contributed by atoms with Crippen molar-refractivity contribution in [2.24, 2.45) is 0 Å². The molecule has 1 N–H and O–H groups in total. The third-order valence-corrected chi connectivity index (χ3v) is 7.72. The highest BCUT2D eigenvalue weighted by molar-refractivity contribution is 4.49. The molecule has 13 nitrogen and oxygen atoms in total. The van der Waals surface area contributed by atoms with Crippen molar-refractivity contribution < 1.29 is 61.9 Å². The summed E-state index contributed by atoms with van der Waals surface area (Å²) in [5, 5.41) is 8.59. The average Bonchev–Trinajstić information content (AvgIpc) is 3.16. The molecule has 0 unspecified atom stereocenters. The van der Waals surface area contributed by atoms with Crippen LogP contribution in [0.3, 0.4) is 0 Å². The van der Waals surface area contributed by atoms with E-state index in [1.54, 1.807) is 0 Å². The molecule has 0 atom stereocenters. The largest absolute Gasteiger partial charge is 0.394 e. The zero-order valence-corrected chi connectivity index (χ0v) is 33.2. The first-order valence-electron chi connectivity index (χ1n) is 20.5. The van der Waals surface area contributed by atoms with Crippen LogP contribution in [0.4, 0.5) is 0 Å². The Morgan fingerprint density at radius 2 is 0.385 bits per heavy atom. The minimum atomic E-state index is 0.0270. The lowest BCUT2D eigenvalue weighted by atomic mass is 10.0. The molecule has 0 radical (unpaired) electrons. The number of unbranched alkanes of at least 4 members (excludes halogenated alkanes) is 12. The predicted octanol–water partition coefficient (Wildman–Crippen LogP) is 5.27. The van der Waals surface area contributed by atoms with E-state index in [9.17, 15) is 0 Å². The van der Waals surface area contributed by atoms with Crippen molar-refractivity contribution >= 4 is 0 Å². The lowest BCUT2D eigenvalue weighted by molar-refractivity contribution is -0.0286. The first-order chi connectivity index (χ1) is 25.9. The maximum Gasteiger partial charge on any atom is 0.0701 e. The Balaban J connectivity index is 3.04. The molecule has 13 heteroatoms. The second-order valence-corrected chi connectivity index (χ2v) is 12.3. The van der Waals surface area contributed by atoms with Gasteiger partial charge in [-0.15, -0.1) is 0 Å². The molecule has 0 heterocycles. The van der Waals surface area contributed by atoms with E-state index in [1.807, 2.05) is 0 Å². The van der Waals surface area contributed by atoms with Gasteiger partial charge in [-0.05, 0) is 6.42 Å². The summed E-state index contributed by atoms with van der Waals surface area (Å²) in [6.45, 7) is 15.1. The molecule has 314 valence electrons. The van der Waals surface area contributed by atoms with E-state index in [-0.39, 0.29) is 6.61 Å². The standard InChI is InChI=1S/C39H80O13/c1-2-3-4-5-6-7-8-9-10-11-12-13-14-16-41-18-20-43-22-24-45-26-28-47-30-32-49-34-36-51-38-39-52-37-35-50-33-31-48-29-27-46-25-23-44-21-19-42-17-15-40/h40H,2-39H2,1H3. The van der Waals surface area contributed by atoms with E-state index in [4.69, 9.17) is 61.9 Å². The maximum absolute atomic E-state index is 8.59. The number of ether oxygens (including phenoxy) is 12. The van der Waals surface area contributed by atoms with E-state index < -0.39 is 0 Å². The molecule has 0 fully saturated rings. The third-order valence-electron chi connectivity index (χ3n) is 7.72. The van der Waals surface area contributed by atoms with Crippen molar-refractivity contribution in [3.63, 3.8) is 0 Å². The Morgan fingerprint density at radius 1 is 0.212 bits per heavy atom. The lowest BCUT2D eigenvalue weighted by Crippen LogP contribution is -2.15. The first-order valence-corrected chi connectivity index (χ1v) is 20.5. The topological polar surface area (TPSA) is 131 Å². The summed E-state index contributed by atoms with van der Waals surface area (Å²) in [5.74, 6) is 0. The van der Waals surface area contributed by atoms with Gasteiger partial charge in [-0.2, -0.15) is 0 Å². The van der Waals surface area contributed by atoms with Gasteiger partial charge in [0.05, 0.1) is 159 Å². The molecule has 0 aliphatic rings. The number of aliphatic hydroxyl groups is 1. The summed E-state index contributed by atoms with van der Waals surface area (Å²) in [5.41, 5.74) is 0. The first kappa shape index (κ1) is 51.5. The van der Waals surface area contributed by atoms with Gasteiger partial charge in [0.1, 0.15) is 0 Å². The third kappa shape index (κ3) is 49.5. The number of aliphatic hydroxyl groups excluding tert-OH is 1. The monoisotopic (exact) mass is 757 g/mol. The molecular weight excluding hydrogens is 676 g/mol. The fraction of sp³-hybridized carbons (Fsp3) is 1.00. The number of rotatable bonds is 49. The molecular formula is C39H80O13. The highest BCUT2D eigenvalue weighted by Gasteiger charge is 1.98. The Labute approximate surface area is 317 Å². The van der Waals surface area contributed by atoms with Crippen molar-refractivity contribution in [3.8, 4) is 0 Å². The van der Waals surface area contributed by atoms with Crippen molar-refractivity contribution in [2.75, 3.05) is 165 Å². The van der Waals surface area contributed by atoms with Crippen LogP contribution in [-0.4, -0.2) is 170 Å². The van der Waals surface area contributed by atoms with Gasteiger partial charge in [-0.3, -0.25) is 0 Å². The summed E-state index contributed by atoms with van der Waals surface area (Å²) in [4.78, 5) is 0. The highest BCUT2D eigenvalue weighted by Crippen LogP contribution is 2.12. The SMILES string of the molecule is CCCCCCCCCCCCCCCOCCOCCOCCOCCOCCOCCOCCOCCOCCOCCOCCOCCO. The van der Waals surface area contributed by atoms with Crippen LogP contribution in [0, 0.1) is 0 Å². The van der Waals surface area contributed by atoms with Crippen molar-refractivity contribution in [1.29, 1.82) is 0 Å². The molecule has 0 bridgehead atoms. The summed E-state index contributed by atoms with van der Waals surface area (Å²) in [6.07, 6.45) is 17.8. The predicted molar refractivity (Wildman–Crippen MR) is 203 cm³/mol. The van der Waals surface area contributed by atoms with Crippen LogP contribution in [0.5, 0.6) is 0 Å². The van der Waals surface area contributed by atoms with Gasteiger partial charge in [0, 0.05) is 6.61 Å². The van der Waals surface area contributed by atoms with E-state index in [0.717, 1.165) is 13.0 Å². The van der Waals surface area contributed by atoms with Gasteiger partial charge in [-0.1, -0.05) is 84.0 Å². The molecule has 0 saturated carbocycles. The van der Waals surface area contributed by atoms with E-state index in [2.05, 4.69) is 6.92 Å². The van der Waals surface area contributed by atoms with Crippen LogP contribution >= 0.6 is 0 Å². The van der Waals surface area contributed by atoms with Gasteiger partial charge in [-0.25, -0.2) is 0 Å². The summed E-state index contributed by atoms with van der Waals surface area (Å²) >= 11 is 0. The van der Waals surface area contributed by atoms with Gasteiger partial charge < -0.3 is 61.9 Å². The zero-order valence-electron chi connectivity index (χ0n) is 33.2. The molecule has 0 rings (SSSR count). The average molecular weight is 757 g/mol. The van der Waals surface area contributed by atoms with E-state index in [0.29, 0.717) is 152 Å². The Hall–Kier alpha value is -0.520. The van der Waals surface area contributed by atoms with Crippen LogP contribution in [0.25, 0.3) is 0 Å². The van der Waals surface area contributed by atoms with Gasteiger partial charge in [0.15, 0.2) is 0 Å². The van der Waals surface area contributed by atoms with Crippen LogP contribution < -0.4 is 0 Å². The molecule has 0 saturated heterocycles. The fourth-order valence-corrected chi connectivity index (χ4v) is 4.81. The minimum absolute atomic E-state index is 0.0270. The maximum atomic E-state index is 8.59. The fourth-order valence-electron chi connectivity index (χ4n) is 4.81. The van der Waals surface area contributed by atoms with Crippen molar-refractivity contribution in [3.05, 3.63) is 0 Å². The van der Waals surface area contributed by atoms with Crippen LogP contribution in [0.15, 0.2) is 0 Å². The molecule has 0 aromatic rings. The summed E-state index contributed by atoms with van der Waals surface area (Å²) < 4.78 is 65.6. The van der Waals surface area contributed by atoms with Gasteiger partial charge in [0.25, 0.3) is 0 Å². The molecule has 0 aromatic carbocycles. The van der Waals surface area contributed by atoms with Crippen LogP contribution in [-0.2, 0) is 56.8 Å².